The number of rotatable bonds is 4. The van der Waals surface area contributed by atoms with Gasteiger partial charge < -0.3 is 10.5 Å². The summed E-state index contributed by atoms with van der Waals surface area (Å²) in [5, 5.41) is 9.87. The molecule has 1 unspecified atom stereocenters. The van der Waals surface area contributed by atoms with Crippen molar-refractivity contribution in [2.75, 3.05) is 0 Å². The molecular formula is C14H14FN3O3. The van der Waals surface area contributed by atoms with Gasteiger partial charge in [-0.2, -0.15) is 5.06 Å². The Morgan fingerprint density at radius 2 is 2.00 bits per heavy atom. The Balaban J connectivity index is 2.17. The fraction of sp³-hybridized carbons (Fsp3) is 0.143. The largest absolute Gasteiger partial charge is 0.439 e. The van der Waals surface area contributed by atoms with Crippen LogP contribution in [0.3, 0.4) is 0 Å². The highest BCUT2D eigenvalue weighted by Crippen LogP contribution is 2.23. The molecule has 1 aromatic carbocycles. The van der Waals surface area contributed by atoms with Crippen LogP contribution in [0.15, 0.2) is 42.5 Å². The van der Waals surface area contributed by atoms with Gasteiger partial charge in [-0.05, 0) is 37.3 Å². The van der Waals surface area contributed by atoms with E-state index in [4.69, 9.17) is 10.5 Å². The maximum atomic E-state index is 12.8. The third-order valence-corrected chi connectivity index (χ3v) is 2.80. The quantitative estimate of drug-likeness (QED) is 0.669. The van der Waals surface area contributed by atoms with E-state index in [0.29, 0.717) is 16.5 Å². The Morgan fingerprint density at radius 1 is 1.33 bits per heavy atom. The number of nitrogens with two attached hydrogens (primary N) is 1. The van der Waals surface area contributed by atoms with Crippen molar-refractivity contribution in [1.29, 1.82) is 0 Å². The van der Waals surface area contributed by atoms with Crippen LogP contribution >= 0.6 is 0 Å². The number of nitrogens with zero attached hydrogens (tertiary/aromatic N) is 2. The molecule has 6 nitrogen and oxygen atoms in total. The van der Waals surface area contributed by atoms with Crippen molar-refractivity contribution in [3.8, 4) is 11.6 Å². The smallest absolute Gasteiger partial charge is 0.339 e. The molecule has 0 radical (unpaired) electrons. The van der Waals surface area contributed by atoms with Gasteiger partial charge >= 0.3 is 6.03 Å². The molecular weight excluding hydrogens is 277 g/mol. The van der Waals surface area contributed by atoms with Crippen molar-refractivity contribution in [3.63, 3.8) is 0 Å². The first kappa shape index (κ1) is 14.7. The van der Waals surface area contributed by atoms with E-state index in [1.807, 2.05) is 0 Å². The number of hydroxylamine groups is 2. The summed E-state index contributed by atoms with van der Waals surface area (Å²) in [5.41, 5.74) is 5.39. The van der Waals surface area contributed by atoms with E-state index >= 15 is 0 Å². The average Bonchev–Trinajstić information content (AvgIpc) is 2.48. The Morgan fingerprint density at radius 3 is 2.62 bits per heavy atom. The number of benzene rings is 1. The lowest BCUT2D eigenvalue weighted by Gasteiger charge is -2.20. The zero-order valence-corrected chi connectivity index (χ0v) is 11.2. The van der Waals surface area contributed by atoms with E-state index in [1.165, 1.54) is 24.3 Å². The first-order valence-corrected chi connectivity index (χ1v) is 6.15. The van der Waals surface area contributed by atoms with Gasteiger partial charge in [-0.3, -0.25) is 5.21 Å². The second kappa shape index (κ2) is 6.19. The highest BCUT2D eigenvalue weighted by molar-refractivity contribution is 5.71. The third-order valence-electron chi connectivity index (χ3n) is 2.80. The first-order chi connectivity index (χ1) is 9.97. The monoisotopic (exact) mass is 291 g/mol. The number of halogens is 1. The summed E-state index contributed by atoms with van der Waals surface area (Å²) in [7, 11) is 0. The zero-order chi connectivity index (χ0) is 15.4. The number of pyridine rings is 1. The summed E-state index contributed by atoms with van der Waals surface area (Å²) in [4.78, 5) is 15.1. The van der Waals surface area contributed by atoms with E-state index in [9.17, 15) is 14.4 Å². The van der Waals surface area contributed by atoms with Gasteiger partial charge in [-0.25, -0.2) is 14.2 Å². The van der Waals surface area contributed by atoms with Crippen molar-refractivity contribution < 1.29 is 19.1 Å². The molecule has 7 heteroatoms. The third kappa shape index (κ3) is 3.67. The fourth-order valence-corrected chi connectivity index (χ4v) is 1.66. The summed E-state index contributed by atoms with van der Waals surface area (Å²) in [6.07, 6.45) is 0. The molecule has 2 aromatic rings. The summed E-state index contributed by atoms with van der Waals surface area (Å²) >= 11 is 0. The van der Waals surface area contributed by atoms with Crippen LogP contribution in [0.2, 0.25) is 0 Å². The lowest BCUT2D eigenvalue weighted by Crippen LogP contribution is -2.35. The molecule has 2 rings (SSSR count). The van der Waals surface area contributed by atoms with Crippen LogP contribution in [0.25, 0.3) is 0 Å². The lowest BCUT2D eigenvalue weighted by molar-refractivity contribution is -0.0721. The zero-order valence-electron chi connectivity index (χ0n) is 11.2. The Bertz CT molecular complexity index is 634. The number of urea groups is 1. The van der Waals surface area contributed by atoms with E-state index in [2.05, 4.69) is 4.98 Å². The molecule has 21 heavy (non-hydrogen) atoms. The van der Waals surface area contributed by atoms with Crippen molar-refractivity contribution in [2.45, 2.75) is 13.0 Å². The molecule has 0 aliphatic rings. The summed E-state index contributed by atoms with van der Waals surface area (Å²) in [6, 6.07) is 8.65. The predicted molar refractivity (Wildman–Crippen MR) is 72.3 cm³/mol. The van der Waals surface area contributed by atoms with Gasteiger partial charge in [0.1, 0.15) is 17.6 Å². The first-order valence-electron chi connectivity index (χ1n) is 6.15. The topological polar surface area (TPSA) is 88.7 Å². The normalized spacial score (nSPS) is 11.8. The minimum Gasteiger partial charge on any atom is -0.439 e. The SMILES string of the molecule is CC(c1cccc(Oc2ccc(F)cc2)n1)N(O)C(N)=O. The lowest BCUT2D eigenvalue weighted by atomic mass is 10.2. The molecule has 110 valence electrons. The maximum absolute atomic E-state index is 12.8. The van der Waals surface area contributed by atoms with E-state index in [0.717, 1.165) is 0 Å². The van der Waals surface area contributed by atoms with Gasteiger partial charge in [-0.1, -0.05) is 6.07 Å². The van der Waals surface area contributed by atoms with Crippen LogP contribution in [0.1, 0.15) is 18.7 Å². The van der Waals surface area contributed by atoms with Crippen LogP contribution in [-0.2, 0) is 0 Å². The highest BCUT2D eigenvalue weighted by Gasteiger charge is 2.18. The molecule has 0 saturated heterocycles. The van der Waals surface area contributed by atoms with Gasteiger partial charge in [0.15, 0.2) is 0 Å². The molecule has 0 aliphatic carbocycles. The molecule has 0 aliphatic heterocycles. The van der Waals surface area contributed by atoms with Crippen molar-refractivity contribution in [2.24, 2.45) is 5.73 Å². The van der Waals surface area contributed by atoms with E-state index < -0.39 is 12.1 Å². The molecule has 2 amide bonds. The molecule has 1 atom stereocenters. The standard InChI is InChI=1S/C14H14FN3O3/c1-9(18(20)14(16)19)12-3-2-4-13(17-12)21-11-7-5-10(15)6-8-11/h2-9,20H,1H3,(H2,16,19). The van der Waals surface area contributed by atoms with Crippen molar-refractivity contribution >= 4 is 6.03 Å². The molecule has 1 aromatic heterocycles. The summed E-state index contributed by atoms with van der Waals surface area (Å²) < 4.78 is 18.3. The molecule has 0 spiro atoms. The van der Waals surface area contributed by atoms with Crippen LogP contribution < -0.4 is 10.5 Å². The van der Waals surface area contributed by atoms with Gasteiger partial charge in [0.05, 0.1) is 5.69 Å². The van der Waals surface area contributed by atoms with Gasteiger partial charge in [0.2, 0.25) is 5.88 Å². The number of hydrogen-bond donors (Lipinski definition) is 2. The second-order valence-corrected chi connectivity index (χ2v) is 4.32. The summed E-state index contributed by atoms with van der Waals surface area (Å²) in [6.45, 7) is 1.56. The summed E-state index contributed by atoms with van der Waals surface area (Å²) in [5.74, 6) is 0.309. The number of carbonyl (C=O) groups is 1. The van der Waals surface area contributed by atoms with Gasteiger partial charge in [0.25, 0.3) is 0 Å². The van der Waals surface area contributed by atoms with Gasteiger partial charge in [0, 0.05) is 6.07 Å². The van der Waals surface area contributed by atoms with Crippen LogP contribution in [0.4, 0.5) is 9.18 Å². The molecule has 0 bridgehead atoms. The maximum Gasteiger partial charge on any atom is 0.339 e. The Hall–Kier alpha value is -2.67. The van der Waals surface area contributed by atoms with Crippen LogP contribution in [-0.4, -0.2) is 21.3 Å². The Labute approximate surface area is 120 Å². The van der Waals surface area contributed by atoms with E-state index in [1.54, 1.807) is 25.1 Å². The number of ether oxygens (including phenoxy) is 1. The molecule has 3 N–H and O–H groups in total. The van der Waals surface area contributed by atoms with Crippen LogP contribution in [0, 0.1) is 5.82 Å². The van der Waals surface area contributed by atoms with E-state index in [-0.39, 0.29) is 11.7 Å². The molecule has 0 saturated carbocycles. The predicted octanol–water partition coefficient (Wildman–Crippen LogP) is 2.84. The second-order valence-electron chi connectivity index (χ2n) is 4.32. The number of primary amides is 1. The fourth-order valence-electron chi connectivity index (χ4n) is 1.66. The van der Waals surface area contributed by atoms with Crippen molar-refractivity contribution in [3.05, 3.63) is 54.0 Å². The minimum atomic E-state index is -0.978. The number of carbonyl (C=O) groups excluding carboxylic acids is 1. The number of amides is 2. The average molecular weight is 291 g/mol. The number of hydrogen-bond acceptors (Lipinski definition) is 4. The van der Waals surface area contributed by atoms with Crippen molar-refractivity contribution in [1.82, 2.24) is 10.0 Å². The highest BCUT2D eigenvalue weighted by atomic mass is 19.1. The molecule has 0 fully saturated rings. The minimum absolute atomic E-state index is 0.254. The van der Waals surface area contributed by atoms with Crippen LogP contribution in [0.5, 0.6) is 11.6 Å². The molecule has 1 heterocycles. The van der Waals surface area contributed by atoms with Gasteiger partial charge in [-0.15, -0.1) is 0 Å². The Kier molecular flexibility index (Phi) is 4.34. The number of aromatic nitrogens is 1.